The number of hydrogen-bond acceptors (Lipinski definition) is 5. The van der Waals surface area contributed by atoms with E-state index in [1.54, 1.807) is 6.92 Å². The summed E-state index contributed by atoms with van der Waals surface area (Å²) in [6, 6.07) is 9.69. The Bertz CT molecular complexity index is 767. The van der Waals surface area contributed by atoms with Gasteiger partial charge in [-0.1, -0.05) is 36.8 Å². The van der Waals surface area contributed by atoms with Gasteiger partial charge in [-0.25, -0.2) is 4.79 Å². The number of amides is 1. The monoisotopic (exact) mass is 386 g/mol. The molecule has 0 bridgehead atoms. The summed E-state index contributed by atoms with van der Waals surface area (Å²) in [5.41, 5.74) is 2.18. The van der Waals surface area contributed by atoms with Crippen LogP contribution in [0.3, 0.4) is 0 Å². The van der Waals surface area contributed by atoms with Crippen LogP contribution in [0.5, 0.6) is 0 Å². The number of rotatable bonds is 7. The average molecular weight is 387 g/mol. The van der Waals surface area contributed by atoms with Gasteiger partial charge in [0.2, 0.25) is 5.91 Å². The van der Waals surface area contributed by atoms with Crippen LogP contribution in [0.1, 0.15) is 43.0 Å². The molecule has 1 aliphatic heterocycles. The third-order valence-electron chi connectivity index (χ3n) is 4.71. The number of anilines is 1. The number of piperidine rings is 1. The summed E-state index contributed by atoms with van der Waals surface area (Å²) in [5, 5.41) is 5.40. The molecule has 6 heteroatoms. The molecule has 1 N–H and O–H groups in total. The van der Waals surface area contributed by atoms with Gasteiger partial charge >= 0.3 is 5.97 Å². The molecule has 5 nitrogen and oxygen atoms in total. The summed E-state index contributed by atoms with van der Waals surface area (Å²) in [7, 11) is 0. The summed E-state index contributed by atoms with van der Waals surface area (Å²) >= 11 is 1.37. The predicted octanol–water partition coefficient (Wildman–Crippen LogP) is 4.41. The second kappa shape index (κ2) is 9.67. The zero-order valence-electron chi connectivity index (χ0n) is 15.7. The van der Waals surface area contributed by atoms with Gasteiger partial charge in [0.15, 0.2) is 0 Å². The lowest BCUT2D eigenvalue weighted by Crippen LogP contribution is -2.32. The number of thiophene rings is 1. The Labute approximate surface area is 164 Å². The van der Waals surface area contributed by atoms with Gasteiger partial charge in [-0.3, -0.25) is 4.79 Å². The number of nitrogens with one attached hydrogen (secondary N) is 1. The molecule has 2 heterocycles. The van der Waals surface area contributed by atoms with Crippen molar-refractivity contribution in [1.82, 2.24) is 4.90 Å². The zero-order valence-corrected chi connectivity index (χ0v) is 16.5. The molecule has 1 aromatic carbocycles. The lowest BCUT2D eigenvalue weighted by atomic mass is 10.0. The number of carbonyl (C=O) groups excluding carboxylic acids is 2. The second-order valence-corrected chi connectivity index (χ2v) is 7.52. The number of esters is 1. The molecule has 144 valence electrons. The first-order valence-corrected chi connectivity index (χ1v) is 10.4. The van der Waals surface area contributed by atoms with Crippen molar-refractivity contribution in [3.05, 3.63) is 41.3 Å². The molecule has 0 radical (unpaired) electrons. The maximum absolute atomic E-state index is 12.5. The van der Waals surface area contributed by atoms with E-state index in [1.165, 1.54) is 30.6 Å². The van der Waals surface area contributed by atoms with Crippen molar-refractivity contribution in [3.8, 4) is 11.1 Å². The standard InChI is InChI=1S/C21H26N2O3S/c1-2-26-21(25)19-17(16-9-5-3-6-10-16)15-27-20(19)22-18(24)11-14-23-12-7-4-8-13-23/h3,5-6,9-10,15H,2,4,7-8,11-14H2,1H3,(H,22,24). The Balaban J connectivity index is 1.73. The van der Waals surface area contributed by atoms with Gasteiger partial charge in [0.1, 0.15) is 10.6 Å². The van der Waals surface area contributed by atoms with Gasteiger partial charge in [0, 0.05) is 23.9 Å². The summed E-state index contributed by atoms with van der Waals surface area (Å²) in [6.45, 7) is 4.98. The summed E-state index contributed by atoms with van der Waals surface area (Å²) in [6.07, 6.45) is 4.13. The maximum atomic E-state index is 12.5. The van der Waals surface area contributed by atoms with Crippen LogP contribution in [0.15, 0.2) is 35.7 Å². The fourth-order valence-electron chi connectivity index (χ4n) is 3.32. The molecule has 1 fully saturated rings. The van der Waals surface area contributed by atoms with Crippen molar-refractivity contribution in [2.45, 2.75) is 32.6 Å². The largest absolute Gasteiger partial charge is 0.462 e. The van der Waals surface area contributed by atoms with E-state index in [-0.39, 0.29) is 5.91 Å². The van der Waals surface area contributed by atoms with Crippen molar-refractivity contribution in [1.29, 1.82) is 0 Å². The number of nitrogens with zero attached hydrogens (tertiary/aromatic N) is 1. The molecule has 0 aliphatic carbocycles. The van der Waals surface area contributed by atoms with Gasteiger partial charge in [-0.05, 0) is 38.4 Å². The summed E-state index contributed by atoms with van der Waals surface area (Å²) in [5.74, 6) is -0.462. The summed E-state index contributed by atoms with van der Waals surface area (Å²) in [4.78, 5) is 27.3. The third kappa shape index (κ3) is 5.17. The van der Waals surface area contributed by atoms with Crippen LogP contribution in [0.2, 0.25) is 0 Å². The smallest absolute Gasteiger partial charge is 0.341 e. The summed E-state index contributed by atoms with van der Waals surface area (Å²) < 4.78 is 5.23. The molecule has 2 aromatic rings. The minimum Gasteiger partial charge on any atom is -0.462 e. The zero-order chi connectivity index (χ0) is 19.1. The van der Waals surface area contributed by atoms with Crippen molar-refractivity contribution < 1.29 is 14.3 Å². The van der Waals surface area contributed by atoms with Crippen molar-refractivity contribution in [3.63, 3.8) is 0 Å². The highest BCUT2D eigenvalue weighted by Gasteiger charge is 2.23. The van der Waals surface area contributed by atoms with E-state index in [4.69, 9.17) is 4.74 Å². The SMILES string of the molecule is CCOC(=O)c1c(-c2ccccc2)csc1NC(=O)CCN1CCCCC1. The van der Waals surface area contributed by atoms with E-state index in [0.717, 1.165) is 30.8 Å². The number of carbonyl (C=O) groups is 2. The first kappa shape index (κ1) is 19.6. The lowest BCUT2D eigenvalue weighted by molar-refractivity contribution is -0.116. The van der Waals surface area contributed by atoms with Crippen LogP contribution in [0.4, 0.5) is 5.00 Å². The van der Waals surface area contributed by atoms with E-state index in [2.05, 4.69) is 10.2 Å². The highest BCUT2D eigenvalue weighted by Crippen LogP contribution is 2.36. The fraction of sp³-hybridized carbons (Fsp3) is 0.429. The Morgan fingerprint density at radius 1 is 1.15 bits per heavy atom. The molecule has 0 saturated carbocycles. The van der Waals surface area contributed by atoms with Gasteiger partial charge < -0.3 is 15.0 Å². The molecular weight excluding hydrogens is 360 g/mol. The van der Waals surface area contributed by atoms with Crippen molar-refractivity contribution >= 4 is 28.2 Å². The van der Waals surface area contributed by atoms with Crippen LogP contribution in [-0.4, -0.2) is 43.0 Å². The van der Waals surface area contributed by atoms with Crippen LogP contribution in [-0.2, 0) is 9.53 Å². The molecule has 1 saturated heterocycles. The molecular formula is C21H26N2O3S. The molecule has 0 atom stereocenters. The van der Waals surface area contributed by atoms with Gasteiger partial charge in [-0.2, -0.15) is 0 Å². The molecule has 1 aromatic heterocycles. The lowest BCUT2D eigenvalue weighted by Gasteiger charge is -2.25. The molecule has 27 heavy (non-hydrogen) atoms. The number of ether oxygens (including phenoxy) is 1. The number of hydrogen-bond donors (Lipinski definition) is 1. The number of likely N-dealkylation sites (tertiary alicyclic amines) is 1. The van der Waals surface area contributed by atoms with Crippen LogP contribution >= 0.6 is 11.3 Å². The average Bonchev–Trinajstić information content (AvgIpc) is 3.11. The normalized spacial score (nSPS) is 14.7. The van der Waals surface area contributed by atoms with E-state index >= 15 is 0 Å². The third-order valence-corrected chi connectivity index (χ3v) is 5.61. The highest BCUT2D eigenvalue weighted by molar-refractivity contribution is 7.15. The fourth-order valence-corrected chi connectivity index (χ4v) is 4.29. The van der Waals surface area contributed by atoms with E-state index < -0.39 is 5.97 Å². The molecule has 1 amide bonds. The van der Waals surface area contributed by atoms with E-state index in [0.29, 0.717) is 23.6 Å². The minimum atomic E-state index is -0.399. The molecule has 3 rings (SSSR count). The Morgan fingerprint density at radius 3 is 2.59 bits per heavy atom. The van der Waals surface area contributed by atoms with Gasteiger partial charge in [-0.15, -0.1) is 11.3 Å². The Morgan fingerprint density at radius 2 is 1.89 bits per heavy atom. The highest BCUT2D eigenvalue weighted by atomic mass is 32.1. The molecule has 0 unspecified atom stereocenters. The van der Waals surface area contributed by atoms with Crippen molar-refractivity contribution in [2.24, 2.45) is 0 Å². The Hall–Kier alpha value is -2.18. The minimum absolute atomic E-state index is 0.0624. The van der Waals surface area contributed by atoms with Crippen LogP contribution in [0.25, 0.3) is 11.1 Å². The first-order valence-electron chi connectivity index (χ1n) is 9.55. The van der Waals surface area contributed by atoms with E-state index in [9.17, 15) is 9.59 Å². The second-order valence-electron chi connectivity index (χ2n) is 6.64. The van der Waals surface area contributed by atoms with Crippen LogP contribution < -0.4 is 5.32 Å². The predicted molar refractivity (Wildman–Crippen MR) is 109 cm³/mol. The van der Waals surface area contributed by atoms with Crippen LogP contribution in [0, 0.1) is 0 Å². The first-order chi connectivity index (χ1) is 13.2. The van der Waals surface area contributed by atoms with Crippen molar-refractivity contribution in [2.75, 3.05) is 31.6 Å². The van der Waals surface area contributed by atoms with Gasteiger partial charge in [0.25, 0.3) is 0 Å². The van der Waals surface area contributed by atoms with Gasteiger partial charge in [0.05, 0.1) is 6.61 Å². The topological polar surface area (TPSA) is 58.6 Å². The molecule has 1 aliphatic rings. The van der Waals surface area contributed by atoms with E-state index in [1.807, 2.05) is 35.7 Å². The maximum Gasteiger partial charge on any atom is 0.341 e. The number of benzene rings is 1. The quantitative estimate of drug-likeness (QED) is 0.716. The molecule has 0 spiro atoms. The Kier molecular flexibility index (Phi) is 7.01.